The first-order chi connectivity index (χ1) is 12.7. The van der Waals surface area contributed by atoms with Gasteiger partial charge >= 0.3 is 0 Å². The van der Waals surface area contributed by atoms with E-state index in [0.717, 1.165) is 28.9 Å². The number of fused-ring (bicyclic) bond motifs is 1. The molecule has 0 saturated heterocycles. The zero-order chi connectivity index (χ0) is 17.9. The lowest BCUT2D eigenvalue weighted by Gasteiger charge is -2.09. The number of rotatable bonds is 4. The predicted octanol–water partition coefficient (Wildman–Crippen LogP) is 3.96. The van der Waals surface area contributed by atoms with E-state index in [9.17, 15) is 4.79 Å². The molecular formula is C20H15N5O. The molecule has 1 aliphatic rings. The van der Waals surface area contributed by atoms with Crippen molar-refractivity contribution in [1.82, 2.24) is 9.97 Å². The summed E-state index contributed by atoms with van der Waals surface area (Å²) in [5, 5.41) is 15.2. The Morgan fingerprint density at radius 1 is 0.962 bits per heavy atom. The fraction of sp³-hybridized carbons (Fsp3) is 0.100. The minimum absolute atomic E-state index is 0.211. The number of nitriles is 1. The fourth-order valence-corrected chi connectivity index (χ4v) is 2.93. The summed E-state index contributed by atoms with van der Waals surface area (Å²) in [6, 6.07) is 16.7. The van der Waals surface area contributed by atoms with Crippen LogP contribution in [0.15, 0.2) is 54.7 Å². The molecule has 3 aromatic rings. The van der Waals surface area contributed by atoms with Crippen LogP contribution < -0.4 is 10.6 Å². The third-order valence-corrected chi connectivity index (χ3v) is 4.23. The van der Waals surface area contributed by atoms with Crippen molar-refractivity contribution in [3.63, 3.8) is 0 Å². The second-order valence-electron chi connectivity index (χ2n) is 6.00. The summed E-state index contributed by atoms with van der Waals surface area (Å²) in [5.74, 6) is 1.32. The van der Waals surface area contributed by atoms with Crippen molar-refractivity contribution in [1.29, 1.82) is 5.26 Å². The molecule has 0 saturated carbocycles. The third-order valence-electron chi connectivity index (χ3n) is 4.23. The summed E-state index contributed by atoms with van der Waals surface area (Å²) < 4.78 is 0. The minimum atomic E-state index is 0.211. The van der Waals surface area contributed by atoms with Gasteiger partial charge in [-0.3, -0.25) is 4.79 Å². The molecule has 0 radical (unpaired) electrons. The molecule has 26 heavy (non-hydrogen) atoms. The van der Waals surface area contributed by atoms with E-state index in [1.165, 1.54) is 0 Å². The smallest absolute Gasteiger partial charge is 0.229 e. The topological polar surface area (TPSA) is 90.7 Å². The van der Waals surface area contributed by atoms with Gasteiger partial charge in [0.05, 0.1) is 11.6 Å². The zero-order valence-corrected chi connectivity index (χ0v) is 13.9. The first-order valence-electron chi connectivity index (χ1n) is 8.25. The van der Waals surface area contributed by atoms with Crippen LogP contribution in [0, 0.1) is 11.3 Å². The summed E-state index contributed by atoms with van der Waals surface area (Å²) in [6.45, 7) is 0. The maximum absolute atomic E-state index is 11.7. The van der Waals surface area contributed by atoms with Crippen LogP contribution in [-0.2, 0) is 6.42 Å². The third kappa shape index (κ3) is 3.23. The molecule has 6 heteroatoms. The number of aromatic nitrogens is 2. The standard InChI is InChI=1S/C20H15N5O/c21-12-13-1-4-15(5-2-13)24-20-22-10-9-19(25-20)23-16-6-7-17-14(11-16)3-8-18(17)26/h1-2,4-7,9-11H,3,8H2,(H2,22,23,24,25). The number of ketones is 1. The number of benzene rings is 2. The van der Waals surface area contributed by atoms with Gasteiger partial charge in [-0.25, -0.2) is 4.98 Å². The molecule has 0 unspecified atom stereocenters. The number of anilines is 4. The number of aryl methyl sites for hydroxylation is 1. The monoisotopic (exact) mass is 341 g/mol. The highest BCUT2D eigenvalue weighted by atomic mass is 16.1. The van der Waals surface area contributed by atoms with Crippen LogP contribution in [0.25, 0.3) is 0 Å². The Balaban J connectivity index is 1.51. The van der Waals surface area contributed by atoms with E-state index in [0.29, 0.717) is 23.8 Å². The summed E-state index contributed by atoms with van der Waals surface area (Å²) in [5.41, 5.74) is 4.19. The summed E-state index contributed by atoms with van der Waals surface area (Å²) in [4.78, 5) is 20.4. The van der Waals surface area contributed by atoms with Gasteiger partial charge in [-0.2, -0.15) is 10.2 Å². The maximum Gasteiger partial charge on any atom is 0.229 e. The van der Waals surface area contributed by atoms with E-state index >= 15 is 0 Å². The van der Waals surface area contributed by atoms with Crippen LogP contribution in [0.2, 0.25) is 0 Å². The van der Waals surface area contributed by atoms with Gasteiger partial charge in [-0.1, -0.05) is 0 Å². The second kappa shape index (κ2) is 6.65. The molecule has 4 rings (SSSR count). The molecule has 2 N–H and O–H groups in total. The number of carbonyl (C=O) groups is 1. The molecule has 2 aromatic carbocycles. The molecule has 0 atom stereocenters. The summed E-state index contributed by atoms with van der Waals surface area (Å²) in [7, 11) is 0. The average molecular weight is 341 g/mol. The Bertz CT molecular complexity index is 1020. The van der Waals surface area contributed by atoms with Crippen molar-refractivity contribution in [3.05, 3.63) is 71.4 Å². The molecular weight excluding hydrogens is 326 g/mol. The van der Waals surface area contributed by atoms with Crippen molar-refractivity contribution < 1.29 is 4.79 Å². The second-order valence-corrected chi connectivity index (χ2v) is 6.00. The molecule has 6 nitrogen and oxygen atoms in total. The fourth-order valence-electron chi connectivity index (χ4n) is 2.93. The van der Waals surface area contributed by atoms with Crippen LogP contribution in [0.5, 0.6) is 0 Å². The van der Waals surface area contributed by atoms with E-state index in [2.05, 4.69) is 26.7 Å². The molecule has 0 bridgehead atoms. The van der Waals surface area contributed by atoms with E-state index in [1.54, 1.807) is 36.5 Å². The van der Waals surface area contributed by atoms with Crippen LogP contribution >= 0.6 is 0 Å². The molecule has 1 heterocycles. The normalized spacial score (nSPS) is 12.3. The highest BCUT2D eigenvalue weighted by molar-refractivity contribution is 6.00. The molecule has 126 valence electrons. The largest absolute Gasteiger partial charge is 0.340 e. The van der Waals surface area contributed by atoms with Gasteiger partial charge in [-0.15, -0.1) is 0 Å². The van der Waals surface area contributed by atoms with Gasteiger partial charge < -0.3 is 10.6 Å². The number of nitrogens with zero attached hydrogens (tertiary/aromatic N) is 3. The Morgan fingerprint density at radius 2 is 1.77 bits per heavy atom. The van der Waals surface area contributed by atoms with Gasteiger partial charge in [-0.05, 0) is 60.5 Å². The summed E-state index contributed by atoms with van der Waals surface area (Å²) in [6.07, 6.45) is 3.04. The summed E-state index contributed by atoms with van der Waals surface area (Å²) >= 11 is 0. The molecule has 1 aliphatic carbocycles. The predicted molar refractivity (Wildman–Crippen MR) is 98.8 cm³/mol. The van der Waals surface area contributed by atoms with Crippen molar-refractivity contribution >= 4 is 28.9 Å². The van der Waals surface area contributed by atoms with Crippen LogP contribution in [-0.4, -0.2) is 15.8 Å². The van der Waals surface area contributed by atoms with Crippen molar-refractivity contribution in [2.75, 3.05) is 10.6 Å². The van der Waals surface area contributed by atoms with Crippen LogP contribution in [0.3, 0.4) is 0 Å². The Hall–Kier alpha value is -3.72. The average Bonchev–Trinajstić information content (AvgIpc) is 3.03. The number of carbonyl (C=O) groups excluding carboxylic acids is 1. The van der Waals surface area contributed by atoms with Gasteiger partial charge in [0, 0.05) is 29.6 Å². The first kappa shape index (κ1) is 15.8. The molecule has 0 aliphatic heterocycles. The molecule has 1 aromatic heterocycles. The quantitative estimate of drug-likeness (QED) is 0.746. The molecule has 0 amide bonds. The highest BCUT2D eigenvalue weighted by Gasteiger charge is 2.19. The van der Waals surface area contributed by atoms with Gasteiger partial charge in [0.2, 0.25) is 5.95 Å². The lowest BCUT2D eigenvalue weighted by atomic mass is 10.1. The van der Waals surface area contributed by atoms with E-state index in [-0.39, 0.29) is 5.78 Å². The lowest BCUT2D eigenvalue weighted by Crippen LogP contribution is -2.01. The number of nitrogens with one attached hydrogen (secondary N) is 2. The Kier molecular flexibility index (Phi) is 4.04. The molecule has 0 spiro atoms. The number of hydrogen-bond donors (Lipinski definition) is 2. The van der Waals surface area contributed by atoms with Crippen LogP contribution in [0.4, 0.5) is 23.1 Å². The Labute approximate surface area is 150 Å². The van der Waals surface area contributed by atoms with Gasteiger partial charge in [0.1, 0.15) is 5.82 Å². The van der Waals surface area contributed by atoms with Crippen LogP contribution in [0.1, 0.15) is 27.9 Å². The van der Waals surface area contributed by atoms with Gasteiger partial charge in [0.25, 0.3) is 0 Å². The van der Waals surface area contributed by atoms with Crippen molar-refractivity contribution in [2.45, 2.75) is 12.8 Å². The van der Waals surface area contributed by atoms with Gasteiger partial charge in [0.15, 0.2) is 5.78 Å². The Morgan fingerprint density at radius 3 is 2.58 bits per heavy atom. The first-order valence-corrected chi connectivity index (χ1v) is 8.25. The van der Waals surface area contributed by atoms with Crippen molar-refractivity contribution in [2.24, 2.45) is 0 Å². The highest BCUT2D eigenvalue weighted by Crippen LogP contribution is 2.26. The minimum Gasteiger partial charge on any atom is -0.340 e. The van der Waals surface area contributed by atoms with E-state index < -0.39 is 0 Å². The number of hydrogen-bond acceptors (Lipinski definition) is 6. The lowest BCUT2D eigenvalue weighted by molar-refractivity contribution is 0.0994. The zero-order valence-electron chi connectivity index (χ0n) is 13.9. The van der Waals surface area contributed by atoms with E-state index in [1.807, 2.05) is 18.2 Å². The van der Waals surface area contributed by atoms with Crippen molar-refractivity contribution in [3.8, 4) is 6.07 Å². The van der Waals surface area contributed by atoms with E-state index in [4.69, 9.17) is 5.26 Å². The number of Topliss-reactive ketones (excluding diaryl/α,β-unsaturated/α-hetero) is 1. The maximum atomic E-state index is 11.7. The molecule has 0 fully saturated rings. The SMILES string of the molecule is N#Cc1ccc(Nc2nccc(Nc3ccc4c(c3)CCC4=O)n2)cc1.